The average molecular weight is 389 g/mol. The number of carbonyl (C=O) groups is 1. The van der Waals surface area contributed by atoms with Crippen LogP contribution in [0.1, 0.15) is 42.4 Å². The zero-order valence-electron chi connectivity index (χ0n) is 17.6. The van der Waals surface area contributed by atoms with Crippen molar-refractivity contribution >= 4 is 5.91 Å². The van der Waals surface area contributed by atoms with E-state index in [0.717, 1.165) is 17.0 Å². The Morgan fingerprint density at radius 2 is 1.97 bits per heavy atom. The Morgan fingerprint density at radius 1 is 1.21 bits per heavy atom. The molecule has 0 radical (unpaired) electrons. The fourth-order valence-electron chi connectivity index (χ4n) is 2.80. The van der Waals surface area contributed by atoms with Crippen LogP contribution in [0.2, 0.25) is 0 Å². The van der Waals surface area contributed by atoms with Gasteiger partial charge in [-0.1, -0.05) is 33.4 Å². The molecule has 2 aromatic rings. The Morgan fingerprint density at radius 3 is 2.59 bits per heavy atom. The molecule has 1 aromatic carbocycles. The van der Waals surface area contributed by atoms with E-state index in [2.05, 4.69) is 37.7 Å². The molecule has 1 amide bonds. The molecule has 0 spiro atoms. The van der Waals surface area contributed by atoms with E-state index in [1.54, 1.807) is 12.3 Å². The number of hydrogen-bond donors (Lipinski definition) is 1. The molecule has 29 heavy (non-hydrogen) atoms. The second-order valence-corrected chi connectivity index (χ2v) is 8.17. The quantitative estimate of drug-likeness (QED) is 0.793. The first-order valence-electron chi connectivity index (χ1n) is 9.51. The number of ether oxygens (including phenoxy) is 1. The van der Waals surface area contributed by atoms with Gasteiger partial charge in [0, 0.05) is 30.3 Å². The molecule has 0 bridgehead atoms. The number of nitrogens with one attached hydrogen (secondary N) is 1. The number of benzene rings is 1. The maximum absolute atomic E-state index is 13.0. The highest BCUT2D eigenvalue weighted by atomic mass is 16.5. The summed E-state index contributed by atoms with van der Waals surface area (Å²) in [5, 5.41) is 2.93. The molecule has 3 rings (SSSR count). The monoisotopic (exact) mass is 389 g/mol. The molecular formula is C24H27N3O2. The van der Waals surface area contributed by atoms with Gasteiger partial charge in [0.1, 0.15) is 11.5 Å². The molecule has 0 aliphatic carbocycles. The van der Waals surface area contributed by atoms with E-state index in [1.165, 1.54) is 0 Å². The molecule has 1 aliphatic heterocycles. The number of carbonyl (C=O) groups excluding carboxylic acids is 1. The molecule has 1 aromatic heterocycles. The van der Waals surface area contributed by atoms with E-state index in [9.17, 15) is 4.79 Å². The third-order valence-corrected chi connectivity index (χ3v) is 4.72. The molecule has 0 saturated heterocycles. The average Bonchev–Trinajstić information content (AvgIpc) is 2.66. The fraction of sp³-hybridized carbons (Fsp3) is 0.250. The Bertz CT molecular complexity index is 996. The summed E-state index contributed by atoms with van der Waals surface area (Å²) in [7, 11) is 1.90. The number of pyridine rings is 1. The SMILES string of the molecule is C=C1C=C(NC(=O)c2ccc(C(C)(C)C)cc2Oc2ccc(C)nc2)C=CN1C. The van der Waals surface area contributed by atoms with Gasteiger partial charge in [-0.15, -0.1) is 0 Å². The van der Waals surface area contributed by atoms with E-state index < -0.39 is 0 Å². The van der Waals surface area contributed by atoms with Crippen LogP contribution in [0.5, 0.6) is 11.5 Å². The van der Waals surface area contributed by atoms with Crippen molar-refractivity contribution in [2.24, 2.45) is 0 Å². The number of likely N-dealkylation sites (N-methyl/N-ethyl adjacent to an activating group) is 1. The van der Waals surface area contributed by atoms with Crippen LogP contribution in [-0.2, 0) is 5.41 Å². The summed E-state index contributed by atoms with van der Waals surface area (Å²) in [4.78, 5) is 19.2. The van der Waals surface area contributed by atoms with E-state index in [4.69, 9.17) is 4.74 Å². The van der Waals surface area contributed by atoms with Gasteiger partial charge in [0.15, 0.2) is 0 Å². The van der Waals surface area contributed by atoms with Crippen molar-refractivity contribution in [3.63, 3.8) is 0 Å². The second kappa shape index (κ2) is 7.95. The molecular weight excluding hydrogens is 362 g/mol. The van der Waals surface area contributed by atoms with E-state index in [0.29, 0.717) is 22.8 Å². The summed E-state index contributed by atoms with van der Waals surface area (Å²) in [5.41, 5.74) is 3.85. The lowest BCUT2D eigenvalue weighted by molar-refractivity contribution is 0.0964. The van der Waals surface area contributed by atoms with Crippen LogP contribution < -0.4 is 10.1 Å². The zero-order valence-corrected chi connectivity index (χ0v) is 17.6. The molecule has 0 unspecified atom stereocenters. The summed E-state index contributed by atoms with van der Waals surface area (Å²) in [6.07, 6.45) is 7.18. The summed E-state index contributed by atoms with van der Waals surface area (Å²) >= 11 is 0. The van der Waals surface area contributed by atoms with Gasteiger partial charge in [-0.05, 0) is 54.3 Å². The van der Waals surface area contributed by atoms with Gasteiger partial charge >= 0.3 is 0 Å². The number of amides is 1. The van der Waals surface area contributed by atoms with Gasteiger partial charge < -0.3 is 15.0 Å². The minimum atomic E-state index is -0.242. The highest BCUT2D eigenvalue weighted by Gasteiger charge is 2.20. The van der Waals surface area contributed by atoms with Crippen molar-refractivity contribution in [1.29, 1.82) is 0 Å². The van der Waals surface area contributed by atoms with Crippen molar-refractivity contribution in [3.05, 3.63) is 89.7 Å². The van der Waals surface area contributed by atoms with Gasteiger partial charge in [-0.2, -0.15) is 0 Å². The van der Waals surface area contributed by atoms with Crippen molar-refractivity contribution in [2.75, 3.05) is 7.05 Å². The number of hydrogen-bond acceptors (Lipinski definition) is 4. The molecule has 1 aliphatic rings. The minimum Gasteiger partial charge on any atom is -0.455 e. The first-order valence-corrected chi connectivity index (χ1v) is 9.51. The molecule has 0 atom stereocenters. The number of aryl methyl sites for hydroxylation is 1. The van der Waals surface area contributed by atoms with E-state index in [1.807, 2.05) is 61.5 Å². The number of nitrogens with zero attached hydrogens (tertiary/aromatic N) is 2. The molecule has 0 fully saturated rings. The Hall–Kier alpha value is -3.34. The Kier molecular flexibility index (Phi) is 5.59. The van der Waals surface area contributed by atoms with Gasteiger partial charge in [-0.25, -0.2) is 0 Å². The Labute approximate surface area is 172 Å². The molecule has 1 N–H and O–H groups in total. The maximum atomic E-state index is 13.0. The molecule has 5 heteroatoms. The van der Waals surface area contributed by atoms with Crippen LogP contribution in [0.4, 0.5) is 0 Å². The Balaban J connectivity index is 1.93. The fourth-order valence-corrected chi connectivity index (χ4v) is 2.80. The molecule has 150 valence electrons. The van der Waals surface area contributed by atoms with Crippen molar-refractivity contribution in [2.45, 2.75) is 33.1 Å². The smallest absolute Gasteiger partial charge is 0.259 e. The van der Waals surface area contributed by atoms with Crippen LogP contribution in [0.15, 0.2) is 72.9 Å². The highest BCUT2D eigenvalue weighted by Crippen LogP contribution is 2.32. The van der Waals surface area contributed by atoms with Crippen LogP contribution >= 0.6 is 0 Å². The molecule has 5 nitrogen and oxygen atoms in total. The maximum Gasteiger partial charge on any atom is 0.259 e. The number of allylic oxidation sites excluding steroid dienone is 2. The van der Waals surface area contributed by atoms with Crippen LogP contribution in [0, 0.1) is 6.92 Å². The lowest BCUT2D eigenvalue weighted by atomic mass is 9.86. The third-order valence-electron chi connectivity index (χ3n) is 4.72. The minimum absolute atomic E-state index is 0.0738. The third kappa shape index (κ3) is 4.93. The highest BCUT2D eigenvalue weighted by molar-refractivity contribution is 5.98. The lowest BCUT2D eigenvalue weighted by Crippen LogP contribution is -2.25. The van der Waals surface area contributed by atoms with Crippen LogP contribution in [0.25, 0.3) is 0 Å². The first-order chi connectivity index (χ1) is 13.6. The van der Waals surface area contributed by atoms with Gasteiger partial charge in [-0.3, -0.25) is 9.78 Å². The van der Waals surface area contributed by atoms with Gasteiger partial charge in [0.25, 0.3) is 5.91 Å². The van der Waals surface area contributed by atoms with Crippen molar-refractivity contribution < 1.29 is 9.53 Å². The normalized spacial score (nSPS) is 13.9. The summed E-state index contributed by atoms with van der Waals surface area (Å²) in [5.74, 6) is 0.841. The summed E-state index contributed by atoms with van der Waals surface area (Å²) in [6, 6.07) is 9.42. The lowest BCUT2D eigenvalue weighted by Gasteiger charge is -2.22. The van der Waals surface area contributed by atoms with E-state index in [-0.39, 0.29) is 11.3 Å². The van der Waals surface area contributed by atoms with Crippen LogP contribution in [0.3, 0.4) is 0 Å². The van der Waals surface area contributed by atoms with Gasteiger partial charge in [0.05, 0.1) is 11.8 Å². The van der Waals surface area contributed by atoms with Crippen molar-refractivity contribution in [1.82, 2.24) is 15.2 Å². The zero-order chi connectivity index (χ0) is 21.2. The molecule has 2 heterocycles. The van der Waals surface area contributed by atoms with Crippen molar-refractivity contribution in [3.8, 4) is 11.5 Å². The van der Waals surface area contributed by atoms with E-state index >= 15 is 0 Å². The number of aromatic nitrogens is 1. The number of rotatable bonds is 4. The second-order valence-electron chi connectivity index (χ2n) is 8.17. The standard InChI is InChI=1S/C24H27N3O2/c1-16-7-9-20(15-25-16)29-22-14-18(24(3,4)5)8-10-21(22)23(28)26-19-11-12-27(6)17(2)13-19/h7-15H,2H2,1,3-6H3,(H,26,28). The topological polar surface area (TPSA) is 54.5 Å². The summed E-state index contributed by atoms with van der Waals surface area (Å²) < 4.78 is 6.06. The molecule has 0 saturated carbocycles. The largest absolute Gasteiger partial charge is 0.455 e. The summed E-state index contributed by atoms with van der Waals surface area (Å²) in [6.45, 7) is 12.2. The predicted octanol–water partition coefficient (Wildman–Crippen LogP) is 5.07. The van der Waals surface area contributed by atoms with Crippen LogP contribution in [-0.4, -0.2) is 22.8 Å². The van der Waals surface area contributed by atoms with Gasteiger partial charge in [0.2, 0.25) is 0 Å². The first kappa shape index (κ1) is 20.4. The predicted molar refractivity (Wildman–Crippen MR) is 116 cm³/mol.